The van der Waals surface area contributed by atoms with E-state index in [4.69, 9.17) is 5.73 Å². The molecule has 0 fully saturated rings. The van der Waals surface area contributed by atoms with Crippen molar-refractivity contribution in [2.45, 2.75) is 31.2 Å². The molecule has 3 nitrogen and oxygen atoms in total. The molecule has 0 aliphatic heterocycles. The molecule has 0 aromatic heterocycles. The highest BCUT2D eigenvalue weighted by atomic mass is 16.2. The molecule has 5 rings (SSSR count). The molecule has 3 aliphatic rings. The first kappa shape index (κ1) is 14.5. The van der Waals surface area contributed by atoms with Crippen LogP contribution < -0.4 is 11.1 Å². The molecule has 0 saturated carbocycles. The minimum atomic E-state index is -0.449. The Labute approximate surface area is 136 Å². The second-order valence-electron chi connectivity index (χ2n) is 6.82. The number of nitrogens with one attached hydrogen (secondary N) is 1. The summed E-state index contributed by atoms with van der Waals surface area (Å²) in [4.78, 5) is 11.8. The van der Waals surface area contributed by atoms with Gasteiger partial charge in [-0.25, -0.2) is 0 Å². The molecule has 0 radical (unpaired) electrons. The molecule has 3 N–H and O–H groups in total. The Morgan fingerprint density at radius 2 is 1.61 bits per heavy atom. The highest BCUT2D eigenvalue weighted by molar-refractivity contribution is 5.81. The lowest BCUT2D eigenvalue weighted by atomic mass is 9.59. The fourth-order valence-corrected chi connectivity index (χ4v) is 4.35. The maximum atomic E-state index is 11.8. The van der Waals surface area contributed by atoms with Crippen molar-refractivity contribution in [3.63, 3.8) is 0 Å². The van der Waals surface area contributed by atoms with E-state index >= 15 is 0 Å². The van der Waals surface area contributed by atoms with Gasteiger partial charge in [0, 0.05) is 18.4 Å². The van der Waals surface area contributed by atoms with Gasteiger partial charge in [-0.05, 0) is 41.5 Å². The first-order valence-corrected chi connectivity index (χ1v) is 8.37. The van der Waals surface area contributed by atoms with Crippen molar-refractivity contribution in [2.24, 2.45) is 11.7 Å². The minimum Gasteiger partial charge on any atom is -0.354 e. The van der Waals surface area contributed by atoms with Crippen LogP contribution in [0.1, 0.15) is 47.4 Å². The van der Waals surface area contributed by atoms with E-state index in [2.05, 4.69) is 53.8 Å². The Morgan fingerprint density at radius 1 is 1.09 bits per heavy atom. The van der Waals surface area contributed by atoms with Crippen molar-refractivity contribution < 1.29 is 4.79 Å². The largest absolute Gasteiger partial charge is 0.354 e. The molecular formula is C20H22N2O. The fourth-order valence-electron chi connectivity index (χ4n) is 4.35. The second kappa shape index (κ2) is 5.50. The number of benzene rings is 2. The van der Waals surface area contributed by atoms with Crippen LogP contribution >= 0.6 is 0 Å². The highest BCUT2D eigenvalue weighted by Gasteiger charge is 2.42. The molecule has 3 aliphatic carbocycles. The number of nitrogens with two attached hydrogens (primary N) is 1. The van der Waals surface area contributed by atoms with E-state index in [0.717, 1.165) is 6.42 Å². The van der Waals surface area contributed by atoms with E-state index in [1.54, 1.807) is 6.92 Å². The van der Waals surface area contributed by atoms with Gasteiger partial charge in [0.25, 0.3) is 0 Å². The summed E-state index contributed by atoms with van der Waals surface area (Å²) in [5.74, 6) is 1.20. The number of rotatable bonds is 3. The monoisotopic (exact) mass is 306 g/mol. The standard InChI is InChI=1S/C20H22N2O/c1-12(21)20(23)22-11-13-10-18-14-6-2-4-8-16(14)19(13)17-9-5-3-7-15(17)18/h2-9,12-13,18-19H,10-11,21H2,1H3,(H,22,23). The summed E-state index contributed by atoms with van der Waals surface area (Å²) in [7, 11) is 0. The predicted molar refractivity (Wildman–Crippen MR) is 91.3 cm³/mol. The van der Waals surface area contributed by atoms with Crippen molar-refractivity contribution in [1.82, 2.24) is 5.32 Å². The Bertz CT molecular complexity index is 705. The highest BCUT2D eigenvalue weighted by Crippen LogP contribution is 2.54. The maximum absolute atomic E-state index is 11.8. The van der Waals surface area contributed by atoms with E-state index in [1.807, 2.05) is 0 Å². The molecule has 1 amide bonds. The zero-order valence-electron chi connectivity index (χ0n) is 13.3. The van der Waals surface area contributed by atoms with Crippen LogP contribution in [0.4, 0.5) is 0 Å². The third-order valence-electron chi connectivity index (χ3n) is 5.37. The van der Waals surface area contributed by atoms with Crippen LogP contribution in [0.25, 0.3) is 0 Å². The van der Waals surface area contributed by atoms with E-state index < -0.39 is 6.04 Å². The van der Waals surface area contributed by atoms with Gasteiger partial charge in [0.15, 0.2) is 0 Å². The Kier molecular flexibility index (Phi) is 3.46. The minimum absolute atomic E-state index is 0.0620. The third kappa shape index (κ3) is 2.27. The number of hydrogen-bond donors (Lipinski definition) is 2. The first-order chi connectivity index (χ1) is 11.2. The van der Waals surface area contributed by atoms with Gasteiger partial charge < -0.3 is 11.1 Å². The van der Waals surface area contributed by atoms with E-state index in [9.17, 15) is 4.79 Å². The fraction of sp³-hybridized carbons (Fsp3) is 0.350. The summed E-state index contributed by atoms with van der Waals surface area (Å²) in [6.45, 7) is 2.43. The molecule has 2 atom stereocenters. The van der Waals surface area contributed by atoms with Crippen molar-refractivity contribution in [3.8, 4) is 0 Å². The molecule has 2 aromatic carbocycles. The molecule has 118 valence electrons. The van der Waals surface area contributed by atoms with Gasteiger partial charge in [-0.3, -0.25) is 4.79 Å². The van der Waals surface area contributed by atoms with Crippen molar-refractivity contribution in [2.75, 3.05) is 6.54 Å². The number of amides is 1. The summed E-state index contributed by atoms with van der Waals surface area (Å²) in [5.41, 5.74) is 11.5. The van der Waals surface area contributed by atoms with E-state index in [0.29, 0.717) is 24.3 Å². The number of fused-ring (bicyclic) bond motifs is 1. The normalized spacial score (nSPS) is 25.4. The maximum Gasteiger partial charge on any atom is 0.236 e. The van der Waals surface area contributed by atoms with E-state index in [-0.39, 0.29) is 5.91 Å². The van der Waals surface area contributed by atoms with Gasteiger partial charge in [-0.1, -0.05) is 48.5 Å². The molecular weight excluding hydrogens is 284 g/mol. The van der Waals surface area contributed by atoms with Crippen LogP contribution in [0.2, 0.25) is 0 Å². The lowest BCUT2D eigenvalue weighted by Crippen LogP contribution is -2.44. The van der Waals surface area contributed by atoms with Gasteiger partial charge in [0.1, 0.15) is 0 Å². The van der Waals surface area contributed by atoms with Crippen LogP contribution in [0.15, 0.2) is 48.5 Å². The SMILES string of the molecule is CC(N)C(=O)NCC1CC2c3ccccc3C1c1ccccc12. The third-order valence-corrected chi connectivity index (χ3v) is 5.37. The predicted octanol–water partition coefficient (Wildman–Crippen LogP) is 2.75. The van der Waals surface area contributed by atoms with Crippen LogP contribution in [0, 0.1) is 5.92 Å². The Morgan fingerprint density at radius 3 is 2.13 bits per heavy atom. The smallest absolute Gasteiger partial charge is 0.236 e. The quantitative estimate of drug-likeness (QED) is 0.916. The topological polar surface area (TPSA) is 55.1 Å². The van der Waals surface area contributed by atoms with Crippen molar-refractivity contribution >= 4 is 5.91 Å². The molecule has 0 heterocycles. The van der Waals surface area contributed by atoms with Crippen LogP contribution in [-0.4, -0.2) is 18.5 Å². The van der Waals surface area contributed by atoms with Gasteiger partial charge in [-0.2, -0.15) is 0 Å². The average Bonchev–Trinajstić information content (AvgIpc) is 2.59. The molecule has 3 heteroatoms. The lowest BCUT2D eigenvalue weighted by molar-refractivity contribution is -0.122. The van der Waals surface area contributed by atoms with Crippen LogP contribution in [-0.2, 0) is 4.79 Å². The summed E-state index contributed by atoms with van der Waals surface area (Å²) >= 11 is 0. The molecule has 0 spiro atoms. The average molecular weight is 306 g/mol. The molecule has 2 unspecified atom stereocenters. The summed E-state index contributed by atoms with van der Waals surface area (Å²) in [6.07, 6.45) is 1.10. The van der Waals surface area contributed by atoms with E-state index in [1.165, 1.54) is 22.3 Å². The van der Waals surface area contributed by atoms with Gasteiger partial charge >= 0.3 is 0 Å². The Balaban J connectivity index is 1.70. The lowest BCUT2D eigenvalue weighted by Gasteiger charge is -2.45. The van der Waals surface area contributed by atoms with Crippen molar-refractivity contribution in [1.29, 1.82) is 0 Å². The van der Waals surface area contributed by atoms with Crippen molar-refractivity contribution in [3.05, 3.63) is 70.8 Å². The summed E-state index contributed by atoms with van der Waals surface area (Å²) in [5, 5.41) is 3.03. The number of carbonyl (C=O) groups excluding carboxylic acids is 1. The number of carbonyl (C=O) groups is 1. The molecule has 2 bridgehead atoms. The van der Waals surface area contributed by atoms with Crippen LogP contribution in [0.5, 0.6) is 0 Å². The second-order valence-corrected chi connectivity index (χ2v) is 6.82. The summed E-state index contributed by atoms with van der Waals surface area (Å²) < 4.78 is 0. The van der Waals surface area contributed by atoms with Gasteiger partial charge in [0.2, 0.25) is 5.91 Å². The Hall–Kier alpha value is -2.13. The molecule has 0 saturated heterocycles. The molecule has 2 aromatic rings. The van der Waals surface area contributed by atoms with Gasteiger partial charge in [0.05, 0.1) is 6.04 Å². The zero-order valence-corrected chi connectivity index (χ0v) is 13.3. The summed E-state index contributed by atoms with van der Waals surface area (Å²) in [6, 6.07) is 17.1. The first-order valence-electron chi connectivity index (χ1n) is 8.37. The molecule has 23 heavy (non-hydrogen) atoms. The zero-order chi connectivity index (χ0) is 16.0. The van der Waals surface area contributed by atoms with Gasteiger partial charge in [-0.15, -0.1) is 0 Å². The van der Waals surface area contributed by atoms with Crippen LogP contribution in [0.3, 0.4) is 0 Å². The number of hydrogen-bond acceptors (Lipinski definition) is 2.